The standard InChI is InChI=1S/C14H25ClN2O3/c1-14(2,3)20-13(19)16(4)10-11-5-7-17(8-6-11)12(18)9-15/h11H,5-10H2,1-4H3. The van der Waals surface area contributed by atoms with Crippen molar-refractivity contribution in [3.05, 3.63) is 0 Å². The molecule has 0 aromatic heterocycles. The van der Waals surface area contributed by atoms with Crippen molar-refractivity contribution in [3.63, 3.8) is 0 Å². The molecule has 0 bridgehead atoms. The van der Waals surface area contributed by atoms with Crippen LogP contribution >= 0.6 is 11.6 Å². The fourth-order valence-corrected chi connectivity index (χ4v) is 2.42. The number of carbonyl (C=O) groups excluding carboxylic acids is 2. The van der Waals surface area contributed by atoms with E-state index in [0.29, 0.717) is 12.5 Å². The zero-order valence-electron chi connectivity index (χ0n) is 12.8. The molecule has 2 amide bonds. The van der Waals surface area contributed by atoms with Crippen molar-refractivity contribution in [2.45, 2.75) is 39.2 Å². The van der Waals surface area contributed by atoms with Gasteiger partial charge in [-0.25, -0.2) is 4.79 Å². The van der Waals surface area contributed by atoms with Crippen LogP contribution in [0.1, 0.15) is 33.6 Å². The van der Waals surface area contributed by atoms with Gasteiger partial charge in [0.15, 0.2) is 0 Å². The van der Waals surface area contributed by atoms with E-state index in [-0.39, 0.29) is 17.9 Å². The maximum atomic E-state index is 11.9. The van der Waals surface area contributed by atoms with Crippen molar-refractivity contribution >= 4 is 23.6 Å². The van der Waals surface area contributed by atoms with Gasteiger partial charge in [0.25, 0.3) is 0 Å². The first kappa shape index (κ1) is 17.1. The van der Waals surface area contributed by atoms with Crippen LogP contribution in [0.25, 0.3) is 0 Å². The minimum atomic E-state index is -0.471. The van der Waals surface area contributed by atoms with Gasteiger partial charge in [-0.15, -0.1) is 11.6 Å². The maximum absolute atomic E-state index is 11.9. The fourth-order valence-electron chi connectivity index (χ4n) is 2.25. The number of carbonyl (C=O) groups is 2. The van der Waals surface area contributed by atoms with Crippen molar-refractivity contribution in [3.8, 4) is 0 Å². The number of likely N-dealkylation sites (tertiary alicyclic amines) is 1. The Balaban J connectivity index is 2.36. The molecule has 0 unspecified atom stereocenters. The van der Waals surface area contributed by atoms with Crippen LogP contribution in [0.4, 0.5) is 4.79 Å². The second kappa shape index (κ2) is 7.16. The summed E-state index contributed by atoms with van der Waals surface area (Å²) in [5.41, 5.74) is -0.471. The lowest BCUT2D eigenvalue weighted by Gasteiger charge is -2.34. The molecule has 5 nitrogen and oxygen atoms in total. The van der Waals surface area contributed by atoms with E-state index in [1.807, 2.05) is 20.8 Å². The van der Waals surface area contributed by atoms with Crippen molar-refractivity contribution in [1.82, 2.24) is 9.80 Å². The van der Waals surface area contributed by atoms with Crippen LogP contribution in [-0.4, -0.2) is 60.0 Å². The summed E-state index contributed by atoms with van der Waals surface area (Å²) in [5, 5.41) is 0. The third-order valence-electron chi connectivity index (χ3n) is 3.32. The maximum Gasteiger partial charge on any atom is 0.410 e. The van der Waals surface area contributed by atoms with Crippen molar-refractivity contribution in [2.75, 3.05) is 32.6 Å². The Morgan fingerprint density at radius 3 is 2.30 bits per heavy atom. The van der Waals surface area contributed by atoms with Crippen LogP contribution in [0.3, 0.4) is 0 Å². The molecular formula is C14H25ClN2O3. The lowest BCUT2D eigenvalue weighted by Crippen LogP contribution is -2.43. The van der Waals surface area contributed by atoms with Crippen LogP contribution in [0.5, 0.6) is 0 Å². The Labute approximate surface area is 126 Å². The van der Waals surface area contributed by atoms with Crippen molar-refractivity contribution in [1.29, 1.82) is 0 Å². The topological polar surface area (TPSA) is 49.9 Å². The molecule has 0 N–H and O–H groups in total. The molecule has 0 aromatic carbocycles. The summed E-state index contributed by atoms with van der Waals surface area (Å²) in [6, 6.07) is 0. The largest absolute Gasteiger partial charge is 0.444 e. The first-order valence-electron chi connectivity index (χ1n) is 7.01. The Kier molecular flexibility index (Phi) is 6.11. The summed E-state index contributed by atoms with van der Waals surface area (Å²) in [6.45, 7) is 7.67. The smallest absolute Gasteiger partial charge is 0.410 e. The molecule has 20 heavy (non-hydrogen) atoms. The Bertz CT molecular complexity index is 347. The van der Waals surface area contributed by atoms with Crippen LogP contribution in [0, 0.1) is 5.92 Å². The molecule has 0 spiro atoms. The molecule has 0 saturated carbocycles. The first-order valence-corrected chi connectivity index (χ1v) is 7.54. The third-order valence-corrected chi connectivity index (χ3v) is 3.55. The van der Waals surface area contributed by atoms with Crippen LogP contribution in [0.2, 0.25) is 0 Å². The summed E-state index contributed by atoms with van der Waals surface area (Å²) in [4.78, 5) is 26.8. The molecular weight excluding hydrogens is 280 g/mol. The molecule has 0 radical (unpaired) electrons. The summed E-state index contributed by atoms with van der Waals surface area (Å²) >= 11 is 5.55. The van der Waals surface area contributed by atoms with E-state index in [2.05, 4.69) is 0 Å². The predicted octanol–water partition coefficient (Wildman–Crippen LogP) is 2.33. The van der Waals surface area contributed by atoms with Crippen molar-refractivity contribution < 1.29 is 14.3 Å². The van der Waals surface area contributed by atoms with Gasteiger partial charge in [0.1, 0.15) is 11.5 Å². The predicted molar refractivity (Wildman–Crippen MR) is 78.9 cm³/mol. The molecule has 0 aromatic rings. The number of amides is 2. The SMILES string of the molecule is CN(CC1CCN(C(=O)CCl)CC1)C(=O)OC(C)(C)C. The molecule has 1 aliphatic rings. The van der Waals surface area contributed by atoms with Crippen LogP contribution in [-0.2, 0) is 9.53 Å². The van der Waals surface area contributed by atoms with E-state index in [4.69, 9.17) is 16.3 Å². The second-order valence-corrected chi connectivity index (χ2v) is 6.59. The number of ether oxygens (including phenoxy) is 1. The minimum absolute atomic E-state index is 0.00869. The van der Waals surface area contributed by atoms with Gasteiger partial charge in [0, 0.05) is 26.7 Å². The highest BCUT2D eigenvalue weighted by Crippen LogP contribution is 2.19. The van der Waals surface area contributed by atoms with Gasteiger partial charge in [-0.2, -0.15) is 0 Å². The number of halogens is 1. The summed E-state index contributed by atoms with van der Waals surface area (Å²) in [6.07, 6.45) is 1.50. The number of piperidine rings is 1. The average Bonchev–Trinajstić information content (AvgIpc) is 2.36. The number of rotatable bonds is 3. The molecule has 1 fully saturated rings. The fraction of sp³-hybridized carbons (Fsp3) is 0.857. The van der Waals surface area contributed by atoms with Gasteiger partial charge in [-0.3, -0.25) is 4.79 Å². The average molecular weight is 305 g/mol. The highest BCUT2D eigenvalue weighted by molar-refractivity contribution is 6.27. The zero-order valence-corrected chi connectivity index (χ0v) is 13.6. The van der Waals surface area contributed by atoms with Gasteiger partial charge in [-0.1, -0.05) is 0 Å². The number of alkyl halides is 1. The van der Waals surface area contributed by atoms with Gasteiger partial charge in [0.2, 0.25) is 5.91 Å². The highest BCUT2D eigenvalue weighted by Gasteiger charge is 2.26. The summed E-state index contributed by atoms with van der Waals surface area (Å²) < 4.78 is 5.32. The molecule has 1 heterocycles. The Morgan fingerprint density at radius 2 is 1.85 bits per heavy atom. The van der Waals surface area contributed by atoms with Crippen LogP contribution < -0.4 is 0 Å². The van der Waals surface area contributed by atoms with E-state index in [1.54, 1.807) is 16.8 Å². The minimum Gasteiger partial charge on any atom is -0.444 e. The van der Waals surface area contributed by atoms with Gasteiger partial charge < -0.3 is 14.5 Å². The van der Waals surface area contributed by atoms with Crippen LogP contribution in [0.15, 0.2) is 0 Å². The molecule has 0 atom stereocenters. The lowest BCUT2D eigenvalue weighted by atomic mass is 9.96. The number of hydrogen-bond donors (Lipinski definition) is 0. The van der Waals surface area contributed by atoms with Gasteiger partial charge >= 0.3 is 6.09 Å². The molecule has 0 aliphatic carbocycles. The van der Waals surface area contributed by atoms with E-state index in [0.717, 1.165) is 25.9 Å². The Hall–Kier alpha value is -0.970. The summed E-state index contributed by atoms with van der Waals surface area (Å²) in [5.74, 6) is 0.445. The zero-order chi connectivity index (χ0) is 15.3. The molecule has 1 saturated heterocycles. The highest BCUT2D eigenvalue weighted by atomic mass is 35.5. The van der Waals surface area contributed by atoms with E-state index in [1.165, 1.54) is 0 Å². The first-order chi connectivity index (χ1) is 9.23. The van der Waals surface area contributed by atoms with E-state index < -0.39 is 5.60 Å². The lowest BCUT2D eigenvalue weighted by molar-refractivity contribution is -0.129. The molecule has 6 heteroatoms. The molecule has 116 valence electrons. The van der Waals surface area contributed by atoms with Gasteiger partial charge in [-0.05, 0) is 39.5 Å². The number of hydrogen-bond acceptors (Lipinski definition) is 3. The van der Waals surface area contributed by atoms with Crippen molar-refractivity contribution in [2.24, 2.45) is 5.92 Å². The third kappa shape index (κ3) is 5.57. The molecule has 1 aliphatic heterocycles. The van der Waals surface area contributed by atoms with E-state index >= 15 is 0 Å². The molecule has 1 rings (SSSR count). The monoisotopic (exact) mass is 304 g/mol. The van der Waals surface area contributed by atoms with Gasteiger partial charge in [0.05, 0.1) is 0 Å². The quantitative estimate of drug-likeness (QED) is 0.752. The Morgan fingerprint density at radius 1 is 1.30 bits per heavy atom. The number of nitrogens with zero attached hydrogens (tertiary/aromatic N) is 2. The summed E-state index contributed by atoms with van der Waals surface area (Å²) in [7, 11) is 1.75. The normalized spacial score (nSPS) is 16.9. The van der Waals surface area contributed by atoms with E-state index in [9.17, 15) is 9.59 Å². The second-order valence-electron chi connectivity index (χ2n) is 6.32.